The van der Waals surface area contributed by atoms with Gasteiger partial charge in [0.25, 0.3) is 0 Å². The maximum absolute atomic E-state index is 13.5. The Morgan fingerprint density at radius 2 is 1.86 bits per heavy atom. The Hall–Kier alpha value is -2.24. The van der Waals surface area contributed by atoms with Crippen molar-refractivity contribution in [2.75, 3.05) is 18.9 Å². The Balaban J connectivity index is 1.92. The summed E-state index contributed by atoms with van der Waals surface area (Å²) in [6, 6.07) is 15.8. The van der Waals surface area contributed by atoms with Gasteiger partial charge in [0.1, 0.15) is 5.54 Å². The van der Waals surface area contributed by atoms with Crippen LogP contribution < -0.4 is 5.32 Å². The highest BCUT2D eigenvalue weighted by atomic mass is 79.9. The number of ketones is 1. The summed E-state index contributed by atoms with van der Waals surface area (Å²) in [6.07, 6.45) is 1.69. The fourth-order valence-electron chi connectivity index (χ4n) is 4.81. The number of carbonyl (C=O) groups excluding carboxylic acids is 2. The first kappa shape index (κ1) is 19.1. The van der Waals surface area contributed by atoms with Crippen molar-refractivity contribution in [3.05, 3.63) is 75.8 Å². The number of likely N-dealkylation sites (tertiary alicyclic amines) is 1. The van der Waals surface area contributed by atoms with Gasteiger partial charge >= 0.3 is 0 Å². The number of nitrogens with one attached hydrogen (secondary N) is 1. The van der Waals surface area contributed by atoms with Gasteiger partial charge in [0.2, 0.25) is 5.91 Å². The number of likely N-dealkylation sites (N-methyl/N-ethyl adjacent to an activating group) is 1. The van der Waals surface area contributed by atoms with Crippen molar-refractivity contribution in [3.63, 3.8) is 0 Å². The van der Waals surface area contributed by atoms with E-state index in [-0.39, 0.29) is 17.6 Å². The molecule has 2 heterocycles. The van der Waals surface area contributed by atoms with E-state index in [1.54, 1.807) is 6.08 Å². The molecule has 0 aromatic heterocycles. The lowest BCUT2D eigenvalue weighted by molar-refractivity contribution is -0.133. The number of carbonyl (C=O) groups is 2. The maximum atomic E-state index is 13.5. The molecule has 1 N–H and O–H groups in total. The molecule has 5 heteroatoms. The summed E-state index contributed by atoms with van der Waals surface area (Å²) >= 11 is 3.48. The Morgan fingerprint density at radius 3 is 2.54 bits per heavy atom. The highest BCUT2D eigenvalue weighted by molar-refractivity contribution is 9.10. The van der Waals surface area contributed by atoms with Crippen LogP contribution in [0, 0.1) is 5.92 Å². The molecule has 1 amide bonds. The lowest BCUT2D eigenvalue weighted by Crippen LogP contribution is -2.51. The van der Waals surface area contributed by atoms with Crippen LogP contribution in [-0.4, -0.2) is 30.2 Å². The second-order valence-corrected chi connectivity index (χ2v) is 8.82. The number of anilines is 1. The predicted molar refractivity (Wildman–Crippen MR) is 114 cm³/mol. The van der Waals surface area contributed by atoms with Gasteiger partial charge in [0.05, 0.1) is 5.92 Å². The number of benzene rings is 2. The molecule has 0 saturated carbocycles. The molecule has 4 nitrogen and oxygen atoms in total. The van der Waals surface area contributed by atoms with E-state index in [9.17, 15) is 9.59 Å². The fourth-order valence-corrected chi connectivity index (χ4v) is 5.08. The number of para-hydroxylation sites is 1. The van der Waals surface area contributed by atoms with Crippen molar-refractivity contribution in [1.29, 1.82) is 0 Å². The number of amides is 1. The number of halogens is 1. The van der Waals surface area contributed by atoms with Gasteiger partial charge in [-0.15, -0.1) is 0 Å². The standard InChI is InChI=1S/C23H23BrN2O2/c1-14(2)12-20(27)21-17(15-8-10-16(24)11-9-15)13-26(3)23(21)18-6-4-5-7-19(18)25-22(23)28/h4-12,17,21H,13H2,1-3H3,(H,25,28)/t17-,21+,23-/m1/s1. The van der Waals surface area contributed by atoms with Crippen molar-refractivity contribution in [2.24, 2.45) is 5.92 Å². The molecule has 0 aliphatic carbocycles. The summed E-state index contributed by atoms with van der Waals surface area (Å²) < 4.78 is 0.994. The molecule has 2 aromatic rings. The lowest BCUT2D eigenvalue weighted by Gasteiger charge is -2.35. The van der Waals surface area contributed by atoms with Crippen LogP contribution in [0.3, 0.4) is 0 Å². The van der Waals surface area contributed by atoms with Gasteiger partial charge in [0.15, 0.2) is 5.78 Å². The molecule has 2 aliphatic rings. The van der Waals surface area contributed by atoms with E-state index in [0.29, 0.717) is 6.54 Å². The molecule has 144 valence electrons. The Labute approximate surface area is 173 Å². The van der Waals surface area contributed by atoms with Crippen LogP contribution in [0.15, 0.2) is 64.7 Å². The minimum atomic E-state index is -0.989. The number of hydrogen-bond donors (Lipinski definition) is 1. The third-order valence-corrected chi connectivity index (χ3v) is 6.42. The number of nitrogens with zero attached hydrogens (tertiary/aromatic N) is 1. The van der Waals surface area contributed by atoms with Gasteiger partial charge in [0, 0.05) is 28.2 Å². The summed E-state index contributed by atoms with van der Waals surface area (Å²) in [5.41, 5.74) is 2.71. The molecule has 1 saturated heterocycles. The zero-order valence-electron chi connectivity index (χ0n) is 16.2. The first-order chi connectivity index (χ1) is 13.4. The third-order valence-electron chi connectivity index (χ3n) is 5.89. The second kappa shape index (κ2) is 6.98. The van der Waals surface area contributed by atoms with Gasteiger partial charge < -0.3 is 5.32 Å². The molecule has 0 radical (unpaired) electrons. The van der Waals surface area contributed by atoms with E-state index >= 15 is 0 Å². The van der Waals surface area contributed by atoms with Crippen molar-refractivity contribution < 1.29 is 9.59 Å². The summed E-state index contributed by atoms with van der Waals surface area (Å²) in [4.78, 5) is 28.9. The topological polar surface area (TPSA) is 49.4 Å². The summed E-state index contributed by atoms with van der Waals surface area (Å²) in [7, 11) is 1.95. The van der Waals surface area contributed by atoms with Crippen molar-refractivity contribution >= 4 is 33.3 Å². The van der Waals surface area contributed by atoms with Crippen molar-refractivity contribution in [2.45, 2.75) is 25.3 Å². The number of allylic oxidation sites excluding steroid dienone is 2. The van der Waals surface area contributed by atoms with E-state index in [1.807, 2.05) is 69.4 Å². The zero-order chi connectivity index (χ0) is 20.1. The van der Waals surface area contributed by atoms with Crippen LogP contribution in [0.5, 0.6) is 0 Å². The van der Waals surface area contributed by atoms with E-state index in [0.717, 1.165) is 26.9 Å². The third kappa shape index (κ3) is 2.76. The minimum Gasteiger partial charge on any atom is -0.324 e. The quantitative estimate of drug-likeness (QED) is 0.718. The van der Waals surface area contributed by atoms with E-state index in [1.165, 1.54) is 0 Å². The van der Waals surface area contributed by atoms with Gasteiger partial charge in [-0.05, 0) is 50.7 Å². The molecular formula is C23H23BrN2O2. The van der Waals surface area contributed by atoms with Gasteiger partial charge in [-0.3, -0.25) is 14.5 Å². The van der Waals surface area contributed by atoms with Crippen LogP contribution in [0.2, 0.25) is 0 Å². The Kier molecular flexibility index (Phi) is 4.76. The Bertz CT molecular complexity index is 978. The van der Waals surface area contributed by atoms with E-state index < -0.39 is 11.5 Å². The van der Waals surface area contributed by atoms with Crippen LogP contribution in [-0.2, 0) is 15.1 Å². The average molecular weight is 439 g/mol. The number of rotatable bonds is 3. The van der Waals surface area contributed by atoms with Crippen molar-refractivity contribution in [3.8, 4) is 0 Å². The molecule has 2 aliphatic heterocycles. The average Bonchev–Trinajstić information content (AvgIpc) is 3.11. The van der Waals surface area contributed by atoms with Crippen LogP contribution in [0.1, 0.15) is 30.9 Å². The predicted octanol–water partition coefficient (Wildman–Crippen LogP) is 4.48. The molecular weight excluding hydrogens is 416 g/mol. The first-order valence-corrected chi connectivity index (χ1v) is 10.2. The first-order valence-electron chi connectivity index (χ1n) is 9.42. The summed E-state index contributed by atoms with van der Waals surface area (Å²) in [6.45, 7) is 4.47. The van der Waals surface area contributed by atoms with Crippen LogP contribution >= 0.6 is 15.9 Å². The fraction of sp³-hybridized carbons (Fsp3) is 0.304. The number of fused-ring (bicyclic) bond motifs is 2. The van der Waals surface area contributed by atoms with Gasteiger partial charge in [-0.2, -0.15) is 0 Å². The highest BCUT2D eigenvalue weighted by Crippen LogP contribution is 2.55. The molecule has 2 aromatic carbocycles. The van der Waals surface area contributed by atoms with Gasteiger partial charge in [-0.25, -0.2) is 0 Å². The smallest absolute Gasteiger partial charge is 0.250 e. The van der Waals surface area contributed by atoms with E-state index in [2.05, 4.69) is 26.1 Å². The van der Waals surface area contributed by atoms with Crippen LogP contribution in [0.4, 0.5) is 5.69 Å². The summed E-state index contributed by atoms with van der Waals surface area (Å²) in [5.74, 6) is -0.671. The lowest BCUT2D eigenvalue weighted by atomic mass is 9.71. The number of hydrogen-bond acceptors (Lipinski definition) is 3. The van der Waals surface area contributed by atoms with Crippen molar-refractivity contribution in [1.82, 2.24) is 4.90 Å². The minimum absolute atomic E-state index is 0.00382. The van der Waals surface area contributed by atoms with Gasteiger partial charge in [-0.1, -0.05) is 51.8 Å². The molecule has 0 bridgehead atoms. The largest absolute Gasteiger partial charge is 0.324 e. The SMILES string of the molecule is CC(C)=CC(=O)[C@@H]1[C@@H](c2ccc(Br)cc2)CN(C)[C@@]12C(=O)Nc1ccccc12. The van der Waals surface area contributed by atoms with E-state index in [4.69, 9.17) is 0 Å². The van der Waals surface area contributed by atoms with Crippen LogP contribution in [0.25, 0.3) is 0 Å². The molecule has 28 heavy (non-hydrogen) atoms. The normalized spacial score (nSPS) is 26.2. The zero-order valence-corrected chi connectivity index (χ0v) is 17.8. The Morgan fingerprint density at radius 1 is 1.18 bits per heavy atom. The maximum Gasteiger partial charge on any atom is 0.250 e. The molecule has 3 atom stereocenters. The second-order valence-electron chi connectivity index (χ2n) is 7.91. The monoisotopic (exact) mass is 438 g/mol. The molecule has 0 unspecified atom stereocenters. The highest BCUT2D eigenvalue weighted by Gasteiger charge is 2.63. The molecule has 1 fully saturated rings. The summed E-state index contributed by atoms with van der Waals surface area (Å²) in [5, 5.41) is 3.02. The molecule has 4 rings (SSSR count). The molecule has 1 spiro atoms.